The summed E-state index contributed by atoms with van der Waals surface area (Å²) in [5.41, 5.74) is 0.543. The predicted molar refractivity (Wildman–Crippen MR) is 145 cm³/mol. The second-order valence-corrected chi connectivity index (χ2v) is 13.5. The van der Waals surface area contributed by atoms with Crippen molar-refractivity contribution in [3.63, 3.8) is 0 Å². The Morgan fingerprint density at radius 2 is 1.87 bits per heavy atom. The van der Waals surface area contributed by atoms with Crippen LogP contribution in [0.25, 0.3) is 0 Å². The first kappa shape index (κ1) is 28.3. The van der Waals surface area contributed by atoms with Gasteiger partial charge in [-0.05, 0) is 87.3 Å². The molecule has 2 aliphatic rings. The molecule has 2 heterocycles. The van der Waals surface area contributed by atoms with E-state index in [-0.39, 0.29) is 18.2 Å². The zero-order valence-corrected chi connectivity index (χ0v) is 23.2. The number of benzene rings is 1. The second kappa shape index (κ2) is 11.2. The Morgan fingerprint density at radius 1 is 1.18 bits per heavy atom. The molecule has 206 valence electrons. The van der Waals surface area contributed by atoms with Gasteiger partial charge in [-0.2, -0.15) is 0 Å². The lowest BCUT2D eigenvalue weighted by molar-refractivity contribution is -0.119. The van der Waals surface area contributed by atoms with Gasteiger partial charge in [0.2, 0.25) is 5.91 Å². The summed E-state index contributed by atoms with van der Waals surface area (Å²) in [6, 6.07) is 7.38. The fourth-order valence-corrected chi connectivity index (χ4v) is 5.97. The number of nitrogens with zero attached hydrogens (tertiary/aromatic N) is 2. The number of likely N-dealkylation sites (tertiary alicyclic amines) is 1. The molecule has 10 heteroatoms. The quantitative estimate of drug-likeness (QED) is 0.381. The van der Waals surface area contributed by atoms with Crippen LogP contribution in [0.1, 0.15) is 70.9 Å². The molecule has 3 N–H and O–H groups in total. The second-order valence-electron chi connectivity index (χ2n) is 11.6. The van der Waals surface area contributed by atoms with Gasteiger partial charge in [0, 0.05) is 30.3 Å². The van der Waals surface area contributed by atoms with Crippen molar-refractivity contribution in [1.82, 2.24) is 14.6 Å². The number of anilines is 1. The standard InChI is InChI=1S/C28H37FN4O4S/c1-18-15-24(33(17-18)26(35)36)25(34)31-23-16-21(7-8-22(23)29)28(12-9-19-5-6-19,20-10-13-30-14-11-20)32-38(37)27(2,3)4/h7-8,10-11,13-14,16,18-19,24,32H,5-6,9,12,15,17H2,1-4H3,(H,31,34)(H,35,36)/t18-,24-,28?,38-/m1/s1. The van der Waals surface area contributed by atoms with Crippen molar-refractivity contribution < 1.29 is 23.6 Å². The molecule has 0 spiro atoms. The first-order valence-corrected chi connectivity index (χ1v) is 14.3. The van der Waals surface area contributed by atoms with E-state index in [4.69, 9.17) is 0 Å². The van der Waals surface area contributed by atoms with E-state index in [1.54, 1.807) is 24.5 Å². The number of carboxylic acid groups (broad SMARTS) is 1. The fraction of sp³-hybridized carbons (Fsp3) is 0.536. The summed E-state index contributed by atoms with van der Waals surface area (Å²) >= 11 is -1.46. The molecular formula is C28H37FN4O4S. The minimum atomic E-state index is -1.46. The number of hydrogen-bond donors (Lipinski definition) is 3. The normalized spacial score (nSPS) is 22.1. The number of halogens is 1. The summed E-state index contributed by atoms with van der Waals surface area (Å²) in [7, 11) is 0. The molecule has 2 fully saturated rings. The van der Waals surface area contributed by atoms with Crippen LogP contribution in [0.2, 0.25) is 0 Å². The van der Waals surface area contributed by atoms with E-state index in [2.05, 4.69) is 15.0 Å². The fourth-order valence-electron chi connectivity index (χ4n) is 5.01. The number of aromatic nitrogens is 1. The van der Waals surface area contributed by atoms with Gasteiger partial charge in [0.1, 0.15) is 22.1 Å². The van der Waals surface area contributed by atoms with Crippen molar-refractivity contribution in [2.45, 2.75) is 76.1 Å². The third-order valence-electron chi connectivity index (χ3n) is 7.40. The number of rotatable bonds is 9. The van der Waals surface area contributed by atoms with Crippen LogP contribution in [0.3, 0.4) is 0 Å². The van der Waals surface area contributed by atoms with Crippen molar-refractivity contribution in [2.24, 2.45) is 11.8 Å². The largest absolute Gasteiger partial charge is 0.598 e. The topological polar surface area (TPSA) is 118 Å². The van der Waals surface area contributed by atoms with Crippen molar-refractivity contribution in [2.75, 3.05) is 11.9 Å². The van der Waals surface area contributed by atoms with E-state index in [9.17, 15) is 19.2 Å². The van der Waals surface area contributed by atoms with Crippen LogP contribution >= 0.6 is 0 Å². The van der Waals surface area contributed by atoms with Crippen LogP contribution in [-0.2, 0) is 21.7 Å². The van der Waals surface area contributed by atoms with Gasteiger partial charge in [-0.25, -0.2) is 9.18 Å². The van der Waals surface area contributed by atoms with Crippen molar-refractivity contribution in [3.05, 3.63) is 59.7 Å². The van der Waals surface area contributed by atoms with Gasteiger partial charge in [0.15, 0.2) is 0 Å². The number of hydrogen-bond acceptors (Lipinski definition) is 5. The van der Waals surface area contributed by atoms with E-state index >= 15 is 4.39 Å². The van der Waals surface area contributed by atoms with E-state index in [0.29, 0.717) is 24.3 Å². The molecule has 1 saturated carbocycles. The Balaban J connectivity index is 1.74. The zero-order chi connectivity index (χ0) is 27.7. The van der Waals surface area contributed by atoms with Crippen LogP contribution in [0.15, 0.2) is 42.7 Å². The molecular weight excluding hydrogens is 507 g/mol. The van der Waals surface area contributed by atoms with E-state index in [1.807, 2.05) is 39.8 Å². The van der Waals surface area contributed by atoms with Gasteiger partial charge >= 0.3 is 6.09 Å². The lowest BCUT2D eigenvalue weighted by Gasteiger charge is -2.39. The highest BCUT2D eigenvalue weighted by Gasteiger charge is 2.44. The van der Waals surface area contributed by atoms with Crippen LogP contribution < -0.4 is 10.0 Å². The molecule has 2 amide bonds. The lowest BCUT2D eigenvalue weighted by atomic mass is 9.79. The summed E-state index contributed by atoms with van der Waals surface area (Å²) in [4.78, 5) is 30.1. The van der Waals surface area contributed by atoms with Crippen molar-refractivity contribution >= 4 is 29.0 Å². The smallest absolute Gasteiger partial charge is 0.407 e. The highest BCUT2D eigenvalue weighted by Crippen LogP contribution is 2.43. The van der Waals surface area contributed by atoms with Gasteiger partial charge in [-0.1, -0.05) is 25.8 Å². The van der Waals surface area contributed by atoms with Crippen LogP contribution in [0, 0.1) is 17.7 Å². The molecule has 1 aromatic heterocycles. The number of carbonyl (C=O) groups excluding carboxylic acids is 1. The molecule has 38 heavy (non-hydrogen) atoms. The number of amides is 2. The molecule has 1 saturated heterocycles. The van der Waals surface area contributed by atoms with Crippen LogP contribution in [0.4, 0.5) is 14.9 Å². The molecule has 0 radical (unpaired) electrons. The molecule has 1 aromatic carbocycles. The number of carbonyl (C=O) groups is 2. The minimum Gasteiger partial charge on any atom is -0.598 e. The zero-order valence-electron chi connectivity index (χ0n) is 22.4. The van der Waals surface area contributed by atoms with E-state index < -0.39 is 45.5 Å². The molecule has 4 atom stereocenters. The van der Waals surface area contributed by atoms with Gasteiger partial charge < -0.3 is 15.0 Å². The molecule has 1 aliphatic heterocycles. The summed E-state index contributed by atoms with van der Waals surface area (Å²) < 4.78 is 31.4. The molecule has 4 rings (SSSR count). The SMILES string of the molecule is C[C@@H]1C[C@H](C(=O)Nc2cc(C(CCC3CC3)(N[S@+]([O-])C(C)(C)C)c3ccncc3)ccc2F)N(C(=O)O)C1. The average molecular weight is 545 g/mol. The van der Waals surface area contributed by atoms with Gasteiger partial charge in [-0.3, -0.25) is 14.7 Å². The van der Waals surface area contributed by atoms with Crippen molar-refractivity contribution in [1.29, 1.82) is 0 Å². The molecule has 1 aliphatic carbocycles. The van der Waals surface area contributed by atoms with Crippen molar-refractivity contribution in [3.8, 4) is 0 Å². The van der Waals surface area contributed by atoms with Crippen LogP contribution in [-0.4, -0.2) is 48.9 Å². The lowest BCUT2D eigenvalue weighted by Crippen LogP contribution is -2.52. The molecule has 0 bridgehead atoms. The van der Waals surface area contributed by atoms with E-state index in [1.165, 1.54) is 6.07 Å². The molecule has 1 unspecified atom stereocenters. The number of pyridine rings is 1. The molecule has 8 nitrogen and oxygen atoms in total. The van der Waals surface area contributed by atoms with Gasteiger partial charge in [0.25, 0.3) is 0 Å². The monoisotopic (exact) mass is 544 g/mol. The first-order chi connectivity index (χ1) is 17.9. The third kappa shape index (κ3) is 6.30. The van der Waals surface area contributed by atoms with Gasteiger partial charge in [-0.15, -0.1) is 4.72 Å². The maximum Gasteiger partial charge on any atom is 0.407 e. The highest BCUT2D eigenvalue weighted by atomic mass is 32.2. The Morgan fingerprint density at radius 3 is 2.47 bits per heavy atom. The first-order valence-electron chi connectivity index (χ1n) is 13.1. The average Bonchev–Trinajstić information content (AvgIpc) is 3.61. The maximum absolute atomic E-state index is 15.1. The summed E-state index contributed by atoms with van der Waals surface area (Å²) in [5.74, 6) is -0.576. The predicted octanol–water partition coefficient (Wildman–Crippen LogP) is 5.03. The Labute approximate surface area is 226 Å². The Hall–Kier alpha value is -2.69. The maximum atomic E-state index is 15.1. The minimum absolute atomic E-state index is 0.0244. The number of nitrogens with one attached hydrogen (secondary N) is 2. The summed E-state index contributed by atoms with van der Waals surface area (Å²) in [6.45, 7) is 7.81. The highest BCUT2D eigenvalue weighted by molar-refractivity contribution is 7.90. The Bertz CT molecular complexity index is 1160. The summed E-state index contributed by atoms with van der Waals surface area (Å²) in [6.07, 6.45) is 6.37. The van der Waals surface area contributed by atoms with E-state index in [0.717, 1.165) is 29.7 Å². The van der Waals surface area contributed by atoms with Gasteiger partial charge in [0.05, 0.1) is 5.69 Å². The third-order valence-corrected chi connectivity index (χ3v) is 9.04. The van der Waals surface area contributed by atoms with Crippen LogP contribution in [0.5, 0.6) is 0 Å². The summed E-state index contributed by atoms with van der Waals surface area (Å²) in [5, 5.41) is 12.2. The molecule has 2 aromatic rings. The Kier molecular flexibility index (Phi) is 8.34.